The fraction of sp³-hybridized carbons (Fsp3) is 0.222. The number of hydrogen-bond acceptors (Lipinski definition) is 3. The Morgan fingerprint density at radius 3 is 1.90 bits per heavy atom. The standard InChI is InChI=1S/C18H11F7N2O2/c1-8-10(16(19,17(20,21)22)18(23,24)25)5-3-7-12(8)27-14(28)9-4-2-6-11(26)13(9)15(27)29/h2-7H,26H2,1H3. The number of fused-ring (bicyclic) bond motifs is 1. The van der Waals surface area contributed by atoms with Gasteiger partial charge in [-0.1, -0.05) is 18.2 Å². The largest absolute Gasteiger partial charge is 0.435 e. The van der Waals surface area contributed by atoms with Gasteiger partial charge in [-0.05, 0) is 30.7 Å². The highest BCUT2D eigenvalue weighted by Gasteiger charge is 2.74. The van der Waals surface area contributed by atoms with Crippen LogP contribution in [0.2, 0.25) is 0 Å². The first-order valence-electron chi connectivity index (χ1n) is 7.93. The van der Waals surface area contributed by atoms with E-state index in [1.54, 1.807) is 0 Å². The van der Waals surface area contributed by atoms with Crippen molar-refractivity contribution in [2.24, 2.45) is 0 Å². The number of imide groups is 1. The molecular weight excluding hydrogens is 409 g/mol. The van der Waals surface area contributed by atoms with Gasteiger partial charge in [0.2, 0.25) is 0 Å². The molecule has 0 spiro atoms. The Kier molecular flexibility index (Phi) is 4.40. The SMILES string of the molecule is Cc1c(N2C(=O)c3cccc(N)c3C2=O)cccc1C(F)(C(F)(F)F)C(F)(F)F. The van der Waals surface area contributed by atoms with E-state index in [1.165, 1.54) is 18.2 Å². The Bertz CT molecular complexity index is 1010. The topological polar surface area (TPSA) is 63.4 Å². The molecule has 0 saturated carbocycles. The fourth-order valence-electron chi connectivity index (χ4n) is 3.24. The van der Waals surface area contributed by atoms with Crippen LogP contribution in [0.25, 0.3) is 0 Å². The number of anilines is 2. The molecule has 2 aromatic rings. The molecule has 11 heteroatoms. The van der Waals surface area contributed by atoms with Crippen molar-refractivity contribution in [3.8, 4) is 0 Å². The van der Waals surface area contributed by atoms with Gasteiger partial charge >= 0.3 is 18.0 Å². The summed E-state index contributed by atoms with van der Waals surface area (Å²) in [6.07, 6.45) is -12.7. The zero-order chi connectivity index (χ0) is 21.9. The number of amides is 2. The molecule has 4 nitrogen and oxygen atoms in total. The van der Waals surface area contributed by atoms with Gasteiger partial charge in [-0.3, -0.25) is 9.59 Å². The molecule has 3 rings (SSSR count). The summed E-state index contributed by atoms with van der Waals surface area (Å²) in [5, 5.41) is 0. The number of carbonyl (C=O) groups is 2. The summed E-state index contributed by atoms with van der Waals surface area (Å²) in [6.45, 7) is 0.767. The number of nitrogens with two attached hydrogens (primary N) is 1. The number of hydrogen-bond donors (Lipinski definition) is 1. The molecule has 2 amide bonds. The number of benzene rings is 2. The normalized spacial score (nSPS) is 15.1. The lowest BCUT2D eigenvalue weighted by Crippen LogP contribution is -2.51. The van der Waals surface area contributed by atoms with Gasteiger partial charge in [0.15, 0.2) is 0 Å². The molecule has 2 aromatic carbocycles. The highest BCUT2D eigenvalue weighted by atomic mass is 19.4. The minimum absolute atomic E-state index is 0.0948. The summed E-state index contributed by atoms with van der Waals surface area (Å²) >= 11 is 0. The second-order valence-corrected chi connectivity index (χ2v) is 6.32. The van der Waals surface area contributed by atoms with E-state index in [4.69, 9.17) is 5.73 Å². The number of alkyl halides is 7. The van der Waals surface area contributed by atoms with E-state index < -0.39 is 46.7 Å². The summed E-state index contributed by atoms with van der Waals surface area (Å²) < 4.78 is 93.4. The van der Waals surface area contributed by atoms with Crippen molar-refractivity contribution in [2.45, 2.75) is 24.9 Å². The van der Waals surface area contributed by atoms with Crippen LogP contribution in [0.1, 0.15) is 31.8 Å². The monoisotopic (exact) mass is 420 g/mol. The lowest BCUT2D eigenvalue weighted by atomic mass is 9.89. The third-order valence-corrected chi connectivity index (χ3v) is 4.65. The van der Waals surface area contributed by atoms with Crippen molar-refractivity contribution in [2.75, 3.05) is 10.6 Å². The first kappa shape index (κ1) is 20.6. The fourth-order valence-corrected chi connectivity index (χ4v) is 3.24. The van der Waals surface area contributed by atoms with Crippen LogP contribution in [0.5, 0.6) is 0 Å². The number of nitrogen functional groups attached to an aromatic ring is 1. The van der Waals surface area contributed by atoms with Crippen molar-refractivity contribution < 1.29 is 40.3 Å². The highest BCUT2D eigenvalue weighted by molar-refractivity contribution is 6.36. The Balaban J connectivity index is 2.23. The molecule has 1 aliphatic rings. The van der Waals surface area contributed by atoms with Crippen LogP contribution in [0.3, 0.4) is 0 Å². The van der Waals surface area contributed by atoms with Crippen LogP contribution in [0, 0.1) is 6.92 Å². The third kappa shape index (κ3) is 2.75. The van der Waals surface area contributed by atoms with Gasteiger partial charge < -0.3 is 5.73 Å². The smallest absolute Gasteiger partial charge is 0.398 e. The van der Waals surface area contributed by atoms with Gasteiger partial charge in [0.25, 0.3) is 11.8 Å². The van der Waals surface area contributed by atoms with Crippen molar-refractivity contribution in [1.29, 1.82) is 0 Å². The molecule has 1 aliphatic heterocycles. The van der Waals surface area contributed by atoms with Crippen LogP contribution in [0.15, 0.2) is 36.4 Å². The molecule has 1 heterocycles. The lowest BCUT2D eigenvalue weighted by Gasteiger charge is -2.32. The van der Waals surface area contributed by atoms with E-state index in [9.17, 15) is 40.3 Å². The summed E-state index contributed by atoms with van der Waals surface area (Å²) in [5.41, 5.74) is -3.77. The number of nitrogens with zero attached hydrogens (tertiary/aromatic N) is 1. The van der Waals surface area contributed by atoms with Gasteiger partial charge in [-0.2, -0.15) is 26.3 Å². The van der Waals surface area contributed by atoms with Crippen LogP contribution in [0.4, 0.5) is 42.1 Å². The van der Waals surface area contributed by atoms with Gasteiger partial charge in [0.1, 0.15) is 0 Å². The van der Waals surface area contributed by atoms with Crippen molar-refractivity contribution >= 4 is 23.2 Å². The maximum atomic E-state index is 14.5. The maximum Gasteiger partial charge on any atom is 0.435 e. The molecule has 0 fully saturated rings. The molecule has 0 atom stereocenters. The van der Waals surface area contributed by atoms with Crippen molar-refractivity contribution in [3.63, 3.8) is 0 Å². The average molecular weight is 420 g/mol. The average Bonchev–Trinajstić information content (AvgIpc) is 2.85. The van der Waals surface area contributed by atoms with E-state index in [2.05, 4.69) is 0 Å². The van der Waals surface area contributed by atoms with Crippen LogP contribution < -0.4 is 10.6 Å². The van der Waals surface area contributed by atoms with Gasteiger partial charge in [0, 0.05) is 11.3 Å². The zero-order valence-electron chi connectivity index (χ0n) is 14.5. The van der Waals surface area contributed by atoms with Crippen molar-refractivity contribution in [3.05, 3.63) is 58.7 Å². The summed E-state index contributed by atoms with van der Waals surface area (Å²) in [4.78, 5) is 25.6. The molecule has 29 heavy (non-hydrogen) atoms. The summed E-state index contributed by atoms with van der Waals surface area (Å²) in [6, 6.07) is 5.85. The van der Waals surface area contributed by atoms with Crippen LogP contribution in [-0.2, 0) is 5.67 Å². The molecule has 0 aliphatic carbocycles. The Morgan fingerprint density at radius 1 is 0.828 bits per heavy atom. The van der Waals surface area contributed by atoms with Gasteiger partial charge in [-0.15, -0.1) is 0 Å². The molecule has 0 bridgehead atoms. The minimum atomic E-state index is -6.33. The highest BCUT2D eigenvalue weighted by Crippen LogP contribution is 2.54. The minimum Gasteiger partial charge on any atom is -0.398 e. The van der Waals surface area contributed by atoms with E-state index in [0.717, 1.165) is 13.0 Å². The number of carbonyl (C=O) groups excluding carboxylic acids is 2. The molecule has 0 unspecified atom stereocenters. The van der Waals surface area contributed by atoms with E-state index >= 15 is 0 Å². The summed E-state index contributed by atoms with van der Waals surface area (Å²) in [5.74, 6) is -2.03. The second kappa shape index (κ2) is 6.19. The van der Waals surface area contributed by atoms with E-state index in [1.807, 2.05) is 0 Å². The van der Waals surface area contributed by atoms with Crippen molar-refractivity contribution in [1.82, 2.24) is 0 Å². The lowest BCUT2D eigenvalue weighted by molar-refractivity contribution is -0.348. The maximum absolute atomic E-state index is 14.5. The predicted molar refractivity (Wildman–Crippen MR) is 88.1 cm³/mol. The molecule has 0 saturated heterocycles. The third-order valence-electron chi connectivity index (χ3n) is 4.65. The van der Waals surface area contributed by atoms with Gasteiger partial charge in [-0.25, -0.2) is 9.29 Å². The second-order valence-electron chi connectivity index (χ2n) is 6.32. The van der Waals surface area contributed by atoms with E-state index in [0.29, 0.717) is 17.0 Å². The van der Waals surface area contributed by atoms with Crippen LogP contribution in [-0.4, -0.2) is 24.2 Å². The Hall–Kier alpha value is -3.11. The van der Waals surface area contributed by atoms with E-state index in [-0.39, 0.29) is 16.8 Å². The van der Waals surface area contributed by atoms with Crippen LogP contribution >= 0.6 is 0 Å². The molecule has 154 valence electrons. The van der Waals surface area contributed by atoms with Gasteiger partial charge in [0.05, 0.1) is 16.8 Å². The number of rotatable bonds is 2. The summed E-state index contributed by atoms with van der Waals surface area (Å²) in [7, 11) is 0. The molecule has 2 N–H and O–H groups in total. The molecule has 0 aromatic heterocycles. The Labute approximate surface area is 158 Å². The number of halogens is 7. The Morgan fingerprint density at radius 2 is 1.38 bits per heavy atom. The molecule has 0 radical (unpaired) electrons. The first-order chi connectivity index (χ1) is 13.2. The zero-order valence-corrected chi connectivity index (χ0v) is 14.5. The first-order valence-corrected chi connectivity index (χ1v) is 7.93. The molecular formula is C18H11F7N2O2. The predicted octanol–water partition coefficient (Wildman–Crippen LogP) is 4.67. The quantitative estimate of drug-likeness (QED) is 0.437.